The molecule has 0 unspecified atom stereocenters. The summed E-state index contributed by atoms with van der Waals surface area (Å²) in [4.78, 5) is 22.9. The van der Waals surface area contributed by atoms with E-state index in [2.05, 4.69) is 6.92 Å². The average Bonchev–Trinajstić information content (AvgIpc) is 2.07. The molecule has 0 radical (unpaired) electrons. The number of carbonyl (C=O) groups is 2. The summed E-state index contributed by atoms with van der Waals surface area (Å²) in [5.41, 5.74) is -0.146. The van der Waals surface area contributed by atoms with Crippen LogP contribution in [-0.4, -0.2) is 11.6 Å². The third-order valence-corrected chi connectivity index (χ3v) is 4.05. The van der Waals surface area contributed by atoms with Gasteiger partial charge in [-0.25, -0.2) is 0 Å². The smallest absolute Gasteiger partial charge is 0.144 e. The van der Waals surface area contributed by atoms with Crippen LogP contribution in [0.1, 0.15) is 33.6 Å². The van der Waals surface area contributed by atoms with E-state index in [4.69, 9.17) is 0 Å². The van der Waals surface area contributed by atoms with Crippen LogP contribution in [0.2, 0.25) is 0 Å². The Morgan fingerprint density at radius 2 is 1.50 bits per heavy atom. The third-order valence-electron chi connectivity index (χ3n) is 4.05. The third kappa shape index (κ3) is 0.621. The number of Topliss-reactive ketones (excluding diaryl/α,β-unsaturated/α-hetero) is 2. The molecular weight excluding hydrogens is 152 g/mol. The molecule has 2 nitrogen and oxygen atoms in total. The predicted octanol–water partition coefficient (Wildman–Crippen LogP) is 1.58. The fourth-order valence-corrected chi connectivity index (χ4v) is 2.82. The Bertz CT molecular complexity index is 255. The molecule has 2 rings (SSSR count). The molecule has 0 aromatic heterocycles. The molecule has 0 atom stereocenters. The molecule has 12 heavy (non-hydrogen) atoms. The van der Waals surface area contributed by atoms with Gasteiger partial charge in [0.15, 0.2) is 0 Å². The van der Waals surface area contributed by atoms with Crippen molar-refractivity contribution < 1.29 is 9.59 Å². The lowest BCUT2D eigenvalue weighted by molar-refractivity contribution is -0.133. The van der Waals surface area contributed by atoms with Crippen molar-refractivity contribution in [3.8, 4) is 0 Å². The predicted molar refractivity (Wildman–Crippen MR) is 44.6 cm³/mol. The summed E-state index contributed by atoms with van der Waals surface area (Å²) in [5.74, 6) is 0.0417. The number of ketones is 2. The van der Waals surface area contributed by atoms with Gasteiger partial charge in [0.2, 0.25) is 0 Å². The molecule has 2 saturated carbocycles. The highest BCUT2D eigenvalue weighted by atomic mass is 16.2. The highest BCUT2D eigenvalue weighted by Gasteiger charge is 2.64. The molecule has 0 aliphatic heterocycles. The van der Waals surface area contributed by atoms with Crippen LogP contribution in [0.3, 0.4) is 0 Å². The quantitative estimate of drug-likeness (QED) is 0.512. The van der Waals surface area contributed by atoms with Crippen LogP contribution in [-0.2, 0) is 9.59 Å². The van der Waals surface area contributed by atoms with Gasteiger partial charge in [0.25, 0.3) is 0 Å². The average molecular weight is 166 g/mol. The molecule has 2 fully saturated rings. The maximum absolute atomic E-state index is 11.4. The normalized spacial score (nSPS) is 44.1. The van der Waals surface area contributed by atoms with Crippen molar-refractivity contribution in [2.45, 2.75) is 33.6 Å². The minimum Gasteiger partial charge on any atom is -0.299 e. The maximum atomic E-state index is 11.4. The van der Waals surface area contributed by atoms with Gasteiger partial charge in [-0.15, -0.1) is 0 Å². The van der Waals surface area contributed by atoms with Crippen molar-refractivity contribution in [1.29, 1.82) is 0 Å². The molecular formula is C10H14O2. The minimum absolute atomic E-state index is 0.0498. The van der Waals surface area contributed by atoms with Gasteiger partial charge in [-0.1, -0.05) is 20.8 Å². The molecule has 0 spiro atoms. The van der Waals surface area contributed by atoms with Crippen molar-refractivity contribution >= 4 is 11.6 Å². The first-order valence-corrected chi connectivity index (χ1v) is 4.44. The Labute approximate surface area is 72.3 Å². The zero-order chi connectivity index (χ0) is 9.15. The molecule has 0 saturated heterocycles. The molecule has 2 aliphatic carbocycles. The van der Waals surface area contributed by atoms with Gasteiger partial charge in [0, 0.05) is 12.8 Å². The monoisotopic (exact) mass is 166 g/mol. The van der Waals surface area contributed by atoms with Gasteiger partial charge >= 0.3 is 0 Å². The Balaban J connectivity index is 2.54. The number of carbonyl (C=O) groups excluding carboxylic acids is 2. The Kier molecular flexibility index (Phi) is 1.20. The fourth-order valence-electron chi connectivity index (χ4n) is 2.82. The summed E-state index contributed by atoms with van der Waals surface area (Å²) in [6.07, 6.45) is 1.22. The lowest BCUT2D eigenvalue weighted by Gasteiger charge is -2.31. The van der Waals surface area contributed by atoms with Crippen LogP contribution in [0.5, 0.6) is 0 Å². The van der Waals surface area contributed by atoms with Crippen LogP contribution >= 0.6 is 0 Å². The molecule has 2 aliphatic rings. The Hall–Kier alpha value is -0.660. The van der Waals surface area contributed by atoms with Crippen LogP contribution in [0, 0.1) is 16.7 Å². The molecule has 0 aromatic rings. The molecule has 2 heteroatoms. The van der Waals surface area contributed by atoms with Crippen molar-refractivity contribution in [3.63, 3.8) is 0 Å². The number of fused-ring (bicyclic) bond motifs is 2. The van der Waals surface area contributed by atoms with E-state index in [0.717, 1.165) is 0 Å². The molecule has 0 heterocycles. The number of hydrogen-bond acceptors (Lipinski definition) is 2. The first kappa shape index (κ1) is 7.96. The van der Waals surface area contributed by atoms with E-state index < -0.39 is 0 Å². The second-order valence-electron chi connectivity index (χ2n) is 5.00. The van der Waals surface area contributed by atoms with Crippen molar-refractivity contribution in [3.05, 3.63) is 0 Å². The Morgan fingerprint density at radius 3 is 1.67 bits per heavy atom. The van der Waals surface area contributed by atoms with Gasteiger partial charge in [0.05, 0.1) is 5.92 Å². The largest absolute Gasteiger partial charge is 0.299 e. The first-order valence-electron chi connectivity index (χ1n) is 4.44. The standard InChI is InChI=1S/C10H14O2/c1-9(2)8-6(11)4-10(9,3)5-7(8)12/h8H,4-5H2,1-3H3. The second-order valence-corrected chi connectivity index (χ2v) is 5.00. The Morgan fingerprint density at radius 1 is 1.08 bits per heavy atom. The molecule has 0 N–H and O–H groups in total. The number of hydrogen-bond donors (Lipinski definition) is 0. The van der Waals surface area contributed by atoms with Gasteiger partial charge in [0.1, 0.15) is 11.6 Å². The SMILES string of the molecule is CC12CC(=O)C(C(=O)C1)C2(C)C. The highest BCUT2D eigenvalue weighted by Crippen LogP contribution is 2.62. The van der Waals surface area contributed by atoms with Gasteiger partial charge in [-0.3, -0.25) is 9.59 Å². The van der Waals surface area contributed by atoms with E-state index in [1.54, 1.807) is 0 Å². The minimum atomic E-state index is -0.289. The molecule has 0 amide bonds. The van der Waals surface area contributed by atoms with E-state index in [1.807, 2.05) is 13.8 Å². The highest BCUT2D eigenvalue weighted by molar-refractivity contribution is 6.09. The summed E-state index contributed by atoms with van der Waals surface area (Å²) >= 11 is 0. The lowest BCUT2D eigenvalue weighted by atomic mass is 9.71. The molecule has 0 aromatic carbocycles. The topological polar surface area (TPSA) is 34.1 Å². The summed E-state index contributed by atoms with van der Waals surface area (Å²) in [7, 11) is 0. The molecule has 2 bridgehead atoms. The van der Waals surface area contributed by atoms with Crippen molar-refractivity contribution in [2.75, 3.05) is 0 Å². The van der Waals surface area contributed by atoms with Crippen LogP contribution in [0.25, 0.3) is 0 Å². The van der Waals surface area contributed by atoms with Crippen LogP contribution in [0.15, 0.2) is 0 Å². The van der Waals surface area contributed by atoms with E-state index in [0.29, 0.717) is 12.8 Å². The molecule has 66 valence electrons. The van der Waals surface area contributed by atoms with E-state index >= 15 is 0 Å². The van der Waals surface area contributed by atoms with Crippen molar-refractivity contribution in [1.82, 2.24) is 0 Å². The summed E-state index contributed by atoms with van der Waals surface area (Å²) < 4.78 is 0. The summed E-state index contributed by atoms with van der Waals surface area (Å²) in [6.45, 7) is 6.16. The maximum Gasteiger partial charge on any atom is 0.144 e. The van der Waals surface area contributed by atoms with Gasteiger partial charge < -0.3 is 0 Å². The van der Waals surface area contributed by atoms with E-state index in [1.165, 1.54) is 0 Å². The number of rotatable bonds is 0. The van der Waals surface area contributed by atoms with Crippen LogP contribution < -0.4 is 0 Å². The van der Waals surface area contributed by atoms with E-state index in [-0.39, 0.29) is 28.3 Å². The second kappa shape index (κ2) is 1.81. The van der Waals surface area contributed by atoms with Crippen LogP contribution in [0.4, 0.5) is 0 Å². The zero-order valence-corrected chi connectivity index (χ0v) is 7.81. The fraction of sp³-hybridized carbons (Fsp3) is 0.800. The summed E-state index contributed by atoms with van der Waals surface area (Å²) in [5, 5.41) is 0. The zero-order valence-electron chi connectivity index (χ0n) is 7.81. The van der Waals surface area contributed by atoms with E-state index in [9.17, 15) is 9.59 Å². The first-order chi connectivity index (χ1) is 5.38. The van der Waals surface area contributed by atoms with Crippen molar-refractivity contribution in [2.24, 2.45) is 16.7 Å². The van der Waals surface area contributed by atoms with Gasteiger partial charge in [-0.05, 0) is 10.8 Å². The lowest BCUT2D eigenvalue weighted by Crippen LogP contribution is -2.27. The van der Waals surface area contributed by atoms with Gasteiger partial charge in [-0.2, -0.15) is 0 Å². The summed E-state index contributed by atoms with van der Waals surface area (Å²) in [6, 6.07) is 0.